The third-order valence-electron chi connectivity index (χ3n) is 3.30. The number of carbonyl (C=O) groups is 1. The average molecular weight is 251 g/mol. The Balaban J connectivity index is 2.27. The SMILES string of the molecule is Cc1cc(C(=O)N2CCOCC2(C)C)ccc1F. The van der Waals surface area contributed by atoms with Gasteiger partial charge in [-0.15, -0.1) is 0 Å². The molecule has 0 bridgehead atoms. The van der Waals surface area contributed by atoms with Crippen molar-refractivity contribution in [2.45, 2.75) is 26.3 Å². The second-order valence-electron chi connectivity index (χ2n) is 5.29. The Morgan fingerprint density at radius 1 is 1.44 bits per heavy atom. The van der Waals surface area contributed by atoms with Crippen LogP contribution in [0.2, 0.25) is 0 Å². The van der Waals surface area contributed by atoms with E-state index in [1.807, 2.05) is 13.8 Å². The van der Waals surface area contributed by atoms with E-state index >= 15 is 0 Å². The molecular weight excluding hydrogens is 233 g/mol. The summed E-state index contributed by atoms with van der Waals surface area (Å²) in [7, 11) is 0. The van der Waals surface area contributed by atoms with E-state index < -0.39 is 0 Å². The molecule has 1 saturated heterocycles. The molecule has 0 spiro atoms. The van der Waals surface area contributed by atoms with E-state index in [1.54, 1.807) is 17.9 Å². The molecule has 1 heterocycles. The highest BCUT2D eigenvalue weighted by molar-refractivity contribution is 5.95. The Bertz CT molecular complexity index is 471. The van der Waals surface area contributed by atoms with Crippen LogP contribution in [0.4, 0.5) is 4.39 Å². The van der Waals surface area contributed by atoms with Crippen molar-refractivity contribution in [1.29, 1.82) is 0 Å². The van der Waals surface area contributed by atoms with Crippen molar-refractivity contribution >= 4 is 5.91 Å². The normalized spacial score (nSPS) is 18.8. The molecule has 98 valence electrons. The van der Waals surface area contributed by atoms with Gasteiger partial charge in [-0.2, -0.15) is 0 Å². The number of halogens is 1. The zero-order chi connectivity index (χ0) is 13.3. The van der Waals surface area contributed by atoms with E-state index in [9.17, 15) is 9.18 Å². The van der Waals surface area contributed by atoms with Gasteiger partial charge in [0.25, 0.3) is 5.91 Å². The first-order valence-corrected chi connectivity index (χ1v) is 6.08. The molecular formula is C14H18FNO2. The van der Waals surface area contributed by atoms with Gasteiger partial charge in [0, 0.05) is 12.1 Å². The summed E-state index contributed by atoms with van der Waals surface area (Å²) in [6, 6.07) is 4.48. The van der Waals surface area contributed by atoms with Gasteiger partial charge in [-0.25, -0.2) is 4.39 Å². The molecule has 1 fully saturated rings. The molecule has 2 rings (SSSR count). The van der Waals surface area contributed by atoms with E-state index in [0.717, 1.165) is 0 Å². The lowest BCUT2D eigenvalue weighted by molar-refractivity contribution is -0.0370. The highest BCUT2D eigenvalue weighted by Gasteiger charge is 2.34. The summed E-state index contributed by atoms with van der Waals surface area (Å²) in [6.07, 6.45) is 0. The number of aryl methyl sites for hydroxylation is 1. The fraction of sp³-hybridized carbons (Fsp3) is 0.500. The van der Waals surface area contributed by atoms with Crippen LogP contribution in [0.25, 0.3) is 0 Å². The summed E-state index contributed by atoms with van der Waals surface area (Å²) < 4.78 is 18.6. The van der Waals surface area contributed by atoms with Crippen molar-refractivity contribution in [3.05, 3.63) is 35.1 Å². The Hall–Kier alpha value is -1.42. The molecule has 1 amide bonds. The Morgan fingerprint density at radius 2 is 2.17 bits per heavy atom. The van der Waals surface area contributed by atoms with Gasteiger partial charge >= 0.3 is 0 Å². The topological polar surface area (TPSA) is 29.5 Å². The van der Waals surface area contributed by atoms with E-state index in [4.69, 9.17) is 4.74 Å². The van der Waals surface area contributed by atoms with Crippen molar-refractivity contribution in [2.24, 2.45) is 0 Å². The van der Waals surface area contributed by atoms with Crippen LogP contribution in [0.5, 0.6) is 0 Å². The predicted molar refractivity (Wildman–Crippen MR) is 67.1 cm³/mol. The van der Waals surface area contributed by atoms with Gasteiger partial charge in [-0.1, -0.05) is 0 Å². The third kappa shape index (κ3) is 2.38. The summed E-state index contributed by atoms with van der Waals surface area (Å²) in [4.78, 5) is 14.2. The smallest absolute Gasteiger partial charge is 0.254 e. The molecule has 0 saturated carbocycles. The largest absolute Gasteiger partial charge is 0.377 e. The van der Waals surface area contributed by atoms with Gasteiger partial charge in [0.1, 0.15) is 5.82 Å². The number of carbonyl (C=O) groups excluding carboxylic acids is 1. The second-order valence-corrected chi connectivity index (χ2v) is 5.29. The Labute approximate surface area is 107 Å². The first-order valence-electron chi connectivity index (χ1n) is 6.08. The zero-order valence-corrected chi connectivity index (χ0v) is 11.0. The highest BCUT2D eigenvalue weighted by Crippen LogP contribution is 2.22. The third-order valence-corrected chi connectivity index (χ3v) is 3.30. The van der Waals surface area contributed by atoms with Crippen molar-refractivity contribution in [3.8, 4) is 0 Å². The van der Waals surface area contributed by atoms with Crippen LogP contribution in [-0.4, -0.2) is 36.1 Å². The number of rotatable bonds is 1. The maximum Gasteiger partial charge on any atom is 0.254 e. The van der Waals surface area contributed by atoms with Crippen LogP contribution in [0.3, 0.4) is 0 Å². The molecule has 1 aromatic carbocycles. The van der Waals surface area contributed by atoms with Crippen LogP contribution in [-0.2, 0) is 4.74 Å². The van der Waals surface area contributed by atoms with Gasteiger partial charge in [-0.05, 0) is 44.5 Å². The van der Waals surface area contributed by atoms with Gasteiger partial charge in [0.15, 0.2) is 0 Å². The summed E-state index contributed by atoms with van der Waals surface area (Å²) in [5, 5.41) is 0. The minimum atomic E-state index is -0.322. The Morgan fingerprint density at radius 3 is 2.78 bits per heavy atom. The molecule has 4 heteroatoms. The first-order chi connectivity index (χ1) is 8.42. The zero-order valence-electron chi connectivity index (χ0n) is 11.0. The summed E-state index contributed by atoms with van der Waals surface area (Å²) >= 11 is 0. The van der Waals surface area contributed by atoms with Gasteiger partial charge in [0.05, 0.1) is 18.8 Å². The molecule has 0 unspecified atom stereocenters. The molecule has 0 N–H and O–H groups in total. The molecule has 0 atom stereocenters. The molecule has 0 aromatic heterocycles. The maximum atomic E-state index is 13.2. The number of morpholine rings is 1. The molecule has 0 radical (unpaired) electrons. The fourth-order valence-electron chi connectivity index (χ4n) is 2.17. The maximum absolute atomic E-state index is 13.2. The Kier molecular flexibility index (Phi) is 3.39. The van der Waals surface area contributed by atoms with Crippen LogP contribution in [0, 0.1) is 12.7 Å². The first kappa shape index (κ1) is 13.0. The van der Waals surface area contributed by atoms with E-state index in [2.05, 4.69) is 0 Å². The number of hydrogen-bond acceptors (Lipinski definition) is 2. The number of benzene rings is 1. The lowest BCUT2D eigenvalue weighted by Gasteiger charge is -2.42. The van der Waals surface area contributed by atoms with Crippen LogP contribution in [0.1, 0.15) is 29.8 Å². The van der Waals surface area contributed by atoms with Crippen molar-refractivity contribution < 1.29 is 13.9 Å². The fourth-order valence-corrected chi connectivity index (χ4v) is 2.17. The number of ether oxygens (including phenoxy) is 1. The molecule has 3 nitrogen and oxygen atoms in total. The van der Waals surface area contributed by atoms with Crippen LogP contribution >= 0.6 is 0 Å². The molecule has 1 aliphatic heterocycles. The standard InChI is InChI=1S/C14H18FNO2/c1-10-8-11(4-5-12(10)15)13(17)16-6-7-18-9-14(16,2)3/h4-5,8H,6-7,9H2,1-3H3. The van der Waals surface area contributed by atoms with Gasteiger partial charge < -0.3 is 9.64 Å². The van der Waals surface area contributed by atoms with E-state index in [1.165, 1.54) is 12.1 Å². The predicted octanol–water partition coefficient (Wildman–Crippen LogP) is 2.39. The van der Waals surface area contributed by atoms with Crippen molar-refractivity contribution in [2.75, 3.05) is 19.8 Å². The van der Waals surface area contributed by atoms with Crippen molar-refractivity contribution in [1.82, 2.24) is 4.90 Å². The minimum Gasteiger partial charge on any atom is -0.377 e. The number of hydrogen-bond donors (Lipinski definition) is 0. The van der Waals surface area contributed by atoms with E-state index in [0.29, 0.717) is 30.9 Å². The number of nitrogens with zero attached hydrogens (tertiary/aromatic N) is 1. The lowest BCUT2D eigenvalue weighted by Crippen LogP contribution is -2.55. The average Bonchev–Trinajstić information content (AvgIpc) is 2.31. The summed E-state index contributed by atoms with van der Waals surface area (Å²) in [5.74, 6) is -0.348. The van der Waals surface area contributed by atoms with E-state index in [-0.39, 0.29) is 17.3 Å². The summed E-state index contributed by atoms with van der Waals surface area (Å²) in [6.45, 7) is 7.26. The molecule has 18 heavy (non-hydrogen) atoms. The highest BCUT2D eigenvalue weighted by atomic mass is 19.1. The van der Waals surface area contributed by atoms with Crippen LogP contribution in [0.15, 0.2) is 18.2 Å². The molecule has 1 aromatic rings. The van der Waals surface area contributed by atoms with Crippen molar-refractivity contribution in [3.63, 3.8) is 0 Å². The number of amides is 1. The molecule has 0 aliphatic carbocycles. The van der Waals surface area contributed by atoms with Gasteiger partial charge in [-0.3, -0.25) is 4.79 Å². The lowest BCUT2D eigenvalue weighted by atomic mass is 10.0. The molecule has 1 aliphatic rings. The second kappa shape index (κ2) is 4.69. The quantitative estimate of drug-likeness (QED) is 0.767. The van der Waals surface area contributed by atoms with Gasteiger partial charge in [0.2, 0.25) is 0 Å². The van der Waals surface area contributed by atoms with Crippen LogP contribution < -0.4 is 0 Å². The summed E-state index contributed by atoms with van der Waals surface area (Å²) in [5.41, 5.74) is 0.702. The monoisotopic (exact) mass is 251 g/mol. The minimum absolute atomic E-state index is 0.0635.